The SMILES string of the molecule is COCC1CCCN(C(C)CC(N)=NO)C1. The number of hydrogen-bond acceptors (Lipinski definition) is 4. The van der Waals surface area contributed by atoms with Gasteiger partial charge in [-0.05, 0) is 32.2 Å². The Morgan fingerprint density at radius 1 is 1.69 bits per heavy atom. The molecule has 1 aliphatic heterocycles. The number of ether oxygens (including phenoxy) is 1. The third kappa shape index (κ3) is 3.98. The molecule has 1 heterocycles. The lowest BCUT2D eigenvalue weighted by molar-refractivity contribution is 0.0736. The second-order valence-electron chi connectivity index (χ2n) is 4.60. The molecule has 1 saturated heterocycles. The fourth-order valence-corrected chi connectivity index (χ4v) is 2.34. The first-order valence-electron chi connectivity index (χ1n) is 5.86. The molecule has 1 fully saturated rings. The molecule has 5 heteroatoms. The van der Waals surface area contributed by atoms with E-state index in [1.165, 1.54) is 12.8 Å². The van der Waals surface area contributed by atoms with Crippen LogP contribution in [0.15, 0.2) is 5.16 Å². The van der Waals surface area contributed by atoms with Crippen LogP contribution < -0.4 is 5.73 Å². The predicted octanol–water partition coefficient (Wildman–Crippen LogP) is 0.870. The van der Waals surface area contributed by atoms with E-state index >= 15 is 0 Å². The molecule has 2 atom stereocenters. The van der Waals surface area contributed by atoms with Gasteiger partial charge in [-0.3, -0.25) is 4.90 Å². The van der Waals surface area contributed by atoms with Crippen LogP contribution in [0.2, 0.25) is 0 Å². The number of piperidine rings is 1. The summed E-state index contributed by atoms with van der Waals surface area (Å²) in [5, 5.41) is 11.6. The zero-order valence-corrected chi connectivity index (χ0v) is 10.2. The Hall–Kier alpha value is -0.810. The van der Waals surface area contributed by atoms with Crippen LogP contribution in [0.25, 0.3) is 0 Å². The van der Waals surface area contributed by atoms with Crippen molar-refractivity contribution in [2.45, 2.75) is 32.2 Å². The van der Waals surface area contributed by atoms with Crippen LogP contribution in [0.5, 0.6) is 0 Å². The second kappa shape index (κ2) is 6.70. The number of nitrogens with zero attached hydrogens (tertiary/aromatic N) is 2. The Morgan fingerprint density at radius 2 is 2.44 bits per heavy atom. The molecule has 1 rings (SSSR count). The Morgan fingerprint density at radius 3 is 3.06 bits per heavy atom. The zero-order chi connectivity index (χ0) is 12.0. The van der Waals surface area contributed by atoms with Gasteiger partial charge in [0.1, 0.15) is 5.84 Å². The van der Waals surface area contributed by atoms with Crippen molar-refractivity contribution in [3.05, 3.63) is 0 Å². The van der Waals surface area contributed by atoms with Crippen molar-refractivity contribution in [1.82, 2.24) is 4.90 Å². The Kier molecular flexibility index (Phi) is 5.55. The van der Waals surface area contributed by atoms with Crippen molar-refractivity contribution in [1.29, 1.82) is 0 Å². The first kappa shape index (κ1) is 13.3. The summed E-state index contributed by atoms with van der Waals surface area (Å²) in [5.74, 6) is 0.926. The third-order valence-corrected chi connectivity index (χ3v) is 3.21. The highest BCUT2D eigenvalue weighted by Crippen LogP contribution is 2.19. The van der Waals surface area contributed by atoms with E-state index in [0.29, 0.717) is 24.2 Å². The third-order valence-electron chi connectivity index (χ3n) is 3.21. The van der Waals surface area contributed by atoms with E-state index in [1.807, 2.05) is 0 Å². The maximum Gasteiger partial charge on any atom is 0.140 e. The summed E-state index contributed by atoms with van der Waals surface area (Å²) in [7, 11) is 1.75. The summed E-state index contributed by atoms with van der Waals surface area (Å²) in [6.07, 6.45) is 3.06. The smallest absolute Gasteiger partial charge is 0.140 e. The average molecular weight is 229 g/mol. The monoisotopic (exact) mass is 229 g/mol. The number of nitrogens with two attached hydrogens (primary N) is 1. The highest BCUT2D eigenvalue weighted by Gasteiger charge is 2.23. The number of hydrogen-bond donors (Lipinski definition) is 2. The summed E-state index contributed by atoms with van der Waals surface area (Å²) >= 11 is 0. The molecule has 16 heavy (non-hydrogen) atoms. The zero-order valence-electron chi connectivity index (χ0n) is 10.2. The molecule has 0 amide bonds. The molecule has 94 valence electrons. The van der Waals surface area contributed by atoms with Gasteiger partial charge < -0.3 is 15.7 Å². The molecule has 0 aromatic heterocycles. The van der Waals surface area contributed by atoms with Crippen LogP contribution >= 0.6 is 0 Å². The second-order valence-corrected chi connectivity index (χ2v) is 4.60. The molecule has 1 aliphatic rings. The first-order chi connectivity index (χ1) is 7.67. The van der Waals surface area contributed by atoms with Crippen LogP contribution in [-0.4, -0.2) is 48.8 Å². The average Bonchev–Trinajstić information content (AvgIpc) is 2.29. The van der Waals surface area contributed by atoms with E-state index in [0.717, 1.165) is 19.7 Å². The minimum atomic E-state index is 0.307. The van der Waals surface area contributed by atoms with Gasteiger partial charge in [0.2, 0.25) is 0 Å². The minimum absolute atomic E-state index is 0.307. The van der Waals surface area contributed by atoms with E-state index in [2.05, 4.69) is 17.0 Å². The van der Waals surface area contributed by atoms with E-state index in [9.17, 15) is 0 Å². The first-order valence-corrected chi connectivity index (χ1v) is 5.86. The van der Waals surface area contributed by atoms with Crippen molar-refractivity contribution in [2.75, 3.05) is 26.8 Å². The lowest BCUT2D eigenvalue weighted by Crippen LogP contribution is -2.43. The van der Waals surface area contributed by atoms with Gasteiger partial charge in [-0.2, -0.15) is 0 Å². The number of amidine groups is 1. The molecule has 0 bridgehead atoms. The highest BCUT2D eigenvalue weighted by molar-refractivity contribution is 5.80. The summed E-state index contributed by atoms with van der Waals surface area (Å²) in [6.45, 7) is 5.09. The molecular formula is C11H23N3O2. The van der Waals surface area contributed by atoms with Crippen LogP contribution in [0.3, 0.4) is 0 Å². The summed E-state index contributed by atoms with van der Waals surface area (Å²) in [4.78, 5) is 2.39. The Balaban J connectivity index is 2.40. The van der Waals surface area contributed by atoms with Crippen LogP contribution in [0.4, 0.5) is 0 Å². The maximum atomic E-state index is 8.54. The molecule has 2 unspecified atom stereocenters. The minimum Gasteiger partial charge on any atom is -0.409 e. The number of rotatable bonds is 5. The molecule has 5 nitrogen and oxygen atoms in total. The van der Waals surface area contributed by atoms with Gasteiger partial charge in [0, 0.05) is 26.1 Å². The number of methoxy groups -OCH3 is 1. The lowest BCUT2D eigenvalue weighted by atomic mass is 9.97. The van der Waals surface area contributed by atoms with Gasteiger partial charge in [0.05, 0.1) is 6.61 Å². The normalized spacial score (nSPS) is 25.6. The molecule has 0 aromatic rings. The van der Waals surface area contributed by atoms with Crippen LogP contribution in [0, 0.1) is 5.92 Å². The predicted molar refractivity (Wildman–Crippen MR) is 63.7 cm³/mol. The van der Waals surface area contributed by atoms with E-state index in [4.69, 9.17) is 15.7 Å². The van der Waals surface area contributed by atoms with E-state index in [-0.39, 0.29) is 0 Å². The fourth-order valence-electron chi connectivity index (χ4n) is 2.34. The molecule has 0 aromatic carbocycles. The van der Waals surface area contributed by atoms with Crippen molar-refractivity contribution in [3.8, 4) is 0 Å². The maximum absolute atomic E-state index is 8.54. The van der Waals surface area contributed by atoms with Gasteiger partial charge in [0.15, 0.2) is 0 Å². The van der Waals surface area contributed by atoms with Crippen molar-refractivity contribution >= 4 is 5.84 Å². The van der Waals surface area contributed by atoms with Crippen molar-refractivity contribution < 1.29 is 9.94 Å². The van der Waals surface area contributed by atoms with E-state index in [1.54, 1.807) is 7.11 Å². The summed E-state index contributed by atoms with van der Waals surface area (Å²) in [5.41, 5.74) is 5.52. The molecule has 0 saturated carbocycles. The molecule has 0 aliphatic carbocycles. The topological polar surface area (TPSA) is 71.1 Å². The molecule has 0 spiro atoms. The number of likely N-dealkylation sites (tertiary alicyclic amines) is 1. The lowest BCUT2D eigenvalue weighted by Gasteiger charge is -2.36. The number of oxime groups is 1. The van der Waals surface area contributed by atoms with Gasteiger partial charge in [-0.15, -0.1) is 0 Å². The summed E-state index contributed by atoms with van der Waals surface area (Å²) < 4.78 is 5.20. The Labute approximate surface area is 97.2 Å². The highest BCUT2D eigenvalue weighted by atomic mass is 16.5. The van der Waals surface area contributed by atoms with Crippen molar-refractivity contribution in [3.63, 3.8) is 0 Å². The molecule has 0 radical (unpaired) electrons. The quantitative estimate of drug-likeness (QED) is 0.317. The van der Waals surface area contributed by atoms with Crippen molar-refractivity contribution in [2.24, 2.45) is 16.8 Å². The molecule has 3 N–H and O–H groups in total. The summed E-state index contributed by atoms with van der Waals surface area (Å²) in [6, 6.07) is 0.329. The van der Waals surface area contributed by atoms with Gasteiger partial charge >= 0.3 is 0 Å². The van der Waals surface area contributed by atoms with Crippen LogP contribution in [0.1, 0.15) is 26.2 Å². The standard InChI is InChI=1S/C11H23N3O2/c1-9(6-11(12)13-15)14-5-3-4-10(7-14)8-16-2/h9-10,15H,3-8H2,1-2H3,(H2,12,13). The van der Waals surface area contributed by atoms with Gasteiger partial charge in [0.25, 0.3) is 0 Å². The van der Waals surface area contributed by atoms with E-state index < -0.39 is 0 Å². The van der Waals surface area contributed by atoms with Gasteiger partial charge in [-0.25, -0.2) is 0 Å². The Bertz CT molecular complexity index is 231. The fraction of sp³-hybridized carbons (Fsp3) is 0.909. The molecular weight excluding hydrogens is 206 g/mol. The van der Waals surface area contributed by atoms with Gasteiger partial charge in [-0.1, -0.05) is 5.16 Å². The largest absolute Gasteiger partial charge is 0.409 e. The van der Waals surface area contributed by atoms with Crippen LogP contribution in [-0.2, 0) is 4.74 Å².